The molecule has 0 radical (unpaired) electrons. The first kappa shape index (κ1) is 16.0. The fraction of sp³-hybridized carbons (Fsp3) is 1.00. The minimum Gasteiger partial charge on any atom is -0.378 e. The molecule has 1 aliphatic heterocycles. The maximum absolute atomic E-state index is 6.14. The predicted molar refractivity (Wildman–Crippen MR) is 76.6 cm³/mol. The Balaban J connectivity index is 2.74. The van der Waals surface area contributed by atoms with Gasteiger partial charge in [-0.1, -0.05) is 20.7 Å². The van der Waals surface area contributed by atoms with Crippen molar-refractivity contribution in [2.75, 3.05) is 6.61 Å². The molecular weight excluding hydrogens is 227 g/mol. The van der Waals surface area contributed by atoms with Gasteiger partial charge in [-0.3, -0.25) is 0 Å². The molecular formula is C14H29BO3. The molecule has 0 unspecified atom stereocenters. The van der Waals surface area contributed by atoms with Crippen molar-refractivity contribution in [2.24, 2.45) is 5.41 Å². The third-order valence-corrected chi connectivity index (χ3v) is 3.62. The number of hydrogen-bond acceptors (Lipinski definition) is 3. The van der Waals surface area contributed by atoms with Gasteiger partial charge in [0.05, 0.1) is 24.9 Å². The zero-order chi connectivity index (χ0) is 13.9. The Bertz CT molecular complexity index is 253. The van der Waals surface area contributed by atoms with Crippen molar-refractivity contribution in [3.05, 3.63) is 0 Å². The molecule has 0 spiro atoms. The van der Waals surface area contributed by atoms with E-state index >= 15 is 0 Å². The standard InChI is InChI=1S/C14H29BO3/c1-9(2)16-8-11-12(17-10(3)4)14(5,6)13(15-7)18-11/h9-13,15H,8H2,1-7H3/t11-,12+,13-/m0/s1. The Kier molecular flexibility index (Phi) is 5.69. The molecule has 0 saturated carbocycles. The third-order valence-electron chi connectivity index (χ3n) is 3.62. The van der Waals surface area contributed by atoms with Crippen LogP contribution in [0.4, 0.5) is 0 Å². The molecule has 1 heterocycles. The Morgan fingerprint density at radius 1 is 1.17 bits per heavy atom. The van der Waals surface area contributed by atoms with Gasteiger partial charge >= 0.3 is 0 Å². The van der Waals surface area contributed by atoms with Gasteiger partial charge in [0.15, 0.2) is 7.28 Å². The minimum absolute atomic E-state index is 0.0457. The smallest absolute Gasteiger partial charge is 0.155 e. The molecule has 0 N–H and O–H groups in total. The molecule has 1 rings (SSSR count). The van der Waals surface area contributed by atoms with Crippen LogP contribution in [-0.4, -0.2) is 44.3 Å². The first-order chi connectivity index (χ1) is 8.28. The summed E-state index contributed by atoms with van der Waals surface area (Å²) in [5.74, 6) is 0. The van der Waals surface area contributed by atoms with Crippen LogP contribution in [0.2, 0.25) is 6.82 Å². The monoisotopic (exact) mass is 256 g/mol. The van der Waals surface area contributed by atoms with Crippen molar-refractivity contribution in [3.63, 3.8) is 0 Å². The van der Waals surface area contributed by atoms with Gasteiger partial charge in [0, 0.05) is 11.4 Å². The van der Waals surface area contributed by atoms with Crippen molar-refractivity contribution in [1.29, 1.82) is 0 Å². The second-order valence-electron chi connectivity index (χ2n) is 6.38. The van der Waals surface area contributed by atoms with E-state index in [9.17, 15) is 0 Å². The van der Waals surface area contributed by atoms with Crippen LogP contribution >= 0.6 is 0 Å². The fourth-order valence-electron chi connectivity index (χ4n) is 2.71. The summed E-state index contributed by atoms with van der Waals surface area (Å²) in [5.41, 5.74) is 0.0457. The van der Waals surface area contributed by atoms with E-state index in [1.807, 2.05) is 0 Å². The fourth-order valence-corrected chi connectivity index (χ4v) is 2.71. The van der Waals surface area contributed by atoms with Crippen molar-refractivity contribution < 1.29 is 14.2 Å². The summed E-state index contributed by atoms with van der Waals surface area (Å²) >= 11 is 0. The summed E-state index contributed by atoms with van der Waals surface area (Å²) in [4.78, 5) is 0. The molecule has 0 aromatic carbocycles. The number of ether oxygens (including phenoxy) is 3. The van der Waals surface area contributed by atoms with Gasteiger partial charge in [-0.2, -0.15) is 0 Å². The van der Waals surface area contributed by atoms with Gasteiger partial charge < -0.3 is 14.2 Å². The molecule has 18 heavy (non-hydrogen) atoms. The van der Waals surface area contributed by atoms with Gasteiger partial charge in [-0.15, -0.1) is 0 Å². The lowest BCUT2D eigenvalue weighted by molar-refractivity contribution is -0.0924. The predicted octanol–water partition coefficient (Wildman–Crippen LogP) is 2.44. The molecule has 3 atom stereocenters. The zero-order valence-corrected chi connectivity index (χ0v) is 13.0. The van der Waals surface area contributed by atoms with Gasteiger partial charge in [0.25, 0.3) is 0 Å². The second kappa shape index (κ2) is 6.40. The molecule has 0 bridgehead atoms. The highest BCUT2D eigenvalue weighted by molar-refractivity contribution is 6.35. The number of hydrogen-bond donors (Lipinski definition) is 0. The maximum atomic E-state index is 6.14. The summed E-state index contributed by atoms with van der Waals surface area (Å²) in [5, 5.41) is 0. The average molecular weight is 256 g/mol. The SMILES string of the molecule is CB[C@H]1O[C@@H](COC(C)C)[C@@H](OC(C)C)C1(C)C. The maximum Gasteiger partial charge on any atom is 0.155 e. The van der Waals surface area contributed by atoms with Crippen LogP contribution in [0.5, 0.6) is 0 Å². The highest BCUT2D eigenvalue weighted by atomic mass is 16.6. The lowest BCUT2D eigenvalue weighted by Gasteiger charge is -2.32. The van der Waals surface area contributed by atoms with Crippen molar-refractivity contribution in [3.8, 4) is 0 Å². The second-order valence-corrected chi connectivity index (χ2v) is 6.38. The van der Waals surface area contributed by atoms with Crippen LogP contribution in [0.1, 0.15) is 41.5 Å². The summed E-state index contributed by atoms with van der Waals surface area (Å²) in [6.07, 6.45) is 0.614. The molecule has 0 aromatic heterocycles. The van der Waals surface area contributed by atoms with E-state index < -0.39 is 0 Å². The van der Waals surface area contributed by atoms with Gasteiger partial charge in [-0.25, -0.2) is 0 Å². The molecule has 106 valence electrons. The van der Waals surface area contributed by atoms with Crippen LogP contribution in [0.15, 0.2) is 0 Å². The van der Waals surface area contributed by atoms with E-state index in [2.05, 4.69) is 48.4 Å². The first-order valence-electron chi connectivity index (χ1n) is 7.21. The van der Waals surface area contributed by atoms with E-state index in [0.29, 0.717) is 6.61 Å². The highest BCUT2D eigenvalue weighted by Crippen LogP contribution is 2.40. The largest absolute Gasteiger partial charge is 0.378 e. The Hall–Kier alpha value is -0.0551. The molecule has 4 heteroatoms. The zero-order valence-electron chi connectivity index (χ0n) is 13.0. The van der Waals surface area contributed by atoms with Crippen LogP contribution in [0.25, 0.3) is 0 Å². The third kappa shape index (κ3) is 3.72. The molecule has 3 nitrogen and oxygen atoms in total. The van der Waals surface area contributed by atoms with Crippen molar-refractivity contribution >= 4 is 7.28 Å². The molecule has 0 amide bonds. The van der Waals surface area contributed by atoms with Crippen LogP contribution in [0, 0.1) is 5.41 Å². The summed E-state index contributed by atoms with van der Waals surface area (Å²) in [6.45, 7) is 15.5. The lowest BCUT2D eigenvalue weighted by atomic mass is 9.62. The van der Waals surface area contributed by atoms with E-state index in [1.165, 1.54) is 0 Å². The molecule has 1 aliphatic rings. The van der Waals surface area contributed by atoms with E-state index in [1.54, 1.807) is 0 Å². The lowest BCUT2D eigenvalue weighted by Crippen LogP contribution is -2.42. The van der Waals surface area contributed by atoms with Crippen LogP contribution in [-0.2, 0) is 14.2 Å². The normalized spacial score (nSPS) is 31.3. The van der Waals surface area contributed by atoms with Gasteiger partial charge in [0.1, 0.15) is 6.10 Å². The van der Waals surface area contributed by atoms with E-state index in [4.69, 9.17) is 14.2 Å². The quantitative estimate of drug-likeness (QED) is 0.683. The van der Waals surface area contributed by atoms with Crippen LogP contribution in [0.3, 0.4) is 0 Å². The van der Waals surface area contributed by atoms with Gasteiger partial charge in [-0.05, 0) is 27.7 Å². The van der Waals surface area contributed by atoms with E-state index in [0.717, 1.165) is 7.28 Å². The molecule has 0 aliphatic carbocycles. The minimum atomic E-state index is 0.0457. The highest BCUT2D eigenvalue weighted by Gasteiger charge is 2.50. The van der Waals surface area contributed by atoms with Gasteiger partial charge in [0.2, 0.25) is 0 Å². The summed E-state index contributed by atoms with van der Waals surface area (Å²) in [6, 6.07) is 0.252. The molecule has 0 aromatic rings. The van der Waals surface area contributed by atoms with Crippen molar-refractivity contribution in [2.45, 2.75) is 78.8 Å². The average Bonchev–Trinajstić information content (AvgIpc) is 2.48. The Morgan fingerprint density at radius 3 is 2.22 bits per heavy atom. The summed E-state index contributed by atoms with van der Waals surface area (Å²) in [7, 11) is 1.02. The Morgan fingerprint density at radius 2 is 1.78 bits per heavy atom. The molecule has 1 fully saturated rings. The van der Waals surface area contributed by atoms with Crippen LogP contribution < -0.4 is 0 Å². The van der Waals surface area contributed by atoms with Crippen molar-refractivity contribution in [1.82, 2.24) is 0 Å². The topological polar surface area (TPSA) is 27.7 Å². The Labute approximate surface area is 113 Å². The first-order valence-corrected chi connectivity index (χ1v) is 7.21. The summed E-state index contributed by atoms with van der Waals surface area (Å²) < 4.78 is 18.0. The number of rotatable bonds is 6. The molecule has 1 saturated heterocycles. The van der Waals surface area contributed by atoms with E-state index in [-0.39, 0.29) is 35.8 Å².